The van der Waals surface area contributed by atoms with E-state index in [-0.39, 0.29) is 28.9 Å². The molecule has 0 atom stereocenters. The second-order valence-corrected chi connectivity index (χ2v) is 8.56. The van der Waals surface area contributed by atoms with Crippen LogP contribution in [0.1, 0.15) is 24.5 Å². The molecular formula is C19H25Cl2IN4O2S. The summed E-state index contributed by atoms with van der Waals surface area (Å²) in [5, 5.41) is 12.9. The highest BCUT2D eigenvalue weighted by atomic mass is 127. The molecule has 0 radical (unpaired) electrons. The molecule has 0 aliphatic heterocycles. The highest BCUT2D eigenvalue weighted by molar-refractivity contribution is 14.0. The van der Waals surface area contributed by atoms with Gasteiger partial charge in [-0.2, -0.15) is 0 Å². The molecule has 0 saturated heterocycles. The van der Waals surface area contributed by atoms with Crippen molar-refractivity contribution in [2.24, 2.45) is 10.1 Å². The maximum absolute atomic E-state index is 11.3. The number of sulfonamides is 1. The first-order valence-electron chi connectivity index (χ1n) is 8.87. The summed E-state index contributed by atoms with van der Waals surface area (Å²) in [6, 6.07) is 11.9. The number of aliphatic imine (C=N–C) groups is 1. The number of nitrogens with zero attached hydrogens (tertiary/aromatic N) is 1. The Bertz CT molecular complexity index is 922. The predicted octanol–water partition coefficient (Wildman–Crippen LogP) is 3.95. The average Bonchev–Trinajstić information content (AvgIpc) is 2.64. The number of benzene rings is 2. The molecule has 160 valence electrons. The summed E-state index contributed by atoms with van der Waals surface area (Å²) >= 11 is 12.1. The molecule has 2 rings (SSSR count). The minimum Gasteiger partial charge on any atom is -0.357 e. The van der Waals surface area contributed by atoms with Crippen molar-refractivity contribution in [2.45, 2.75) is 31.2 Å². The zero-order valence-electron chi connectivity index (χ0n) is 16.0. The second-order valence-electron chi connectivity index (χ2n) is 6.15. The summed E-state index contributed by atoms with van der Waals surface area (Å²) < 4.78 is 22.6. The Morgan fingerprint density at radius 2 is 1.79 bits per heavy atom. The molecule has 2 aromatic carbocycles. The van der Waals surface area contributed by atoms with Gasteiger partial charge in [0, 0.05) is 23.1 Å². The third kappa shape index (κ3) is 9.08. The molecule has 0 heterocycles. The fourth-order valence-corrected chi connectivity index (χ4v) is 3.53. The highest BCUT2D eigenvalue weighted by Crippen LogP contribution is 2.21. The number of nitrogens with two attached hydrogens (primary N) is 1. The lowest BCUT2D eigenvalue weighted by Gasteiger charge is -2.12. The van der Waals surface area contributed by atoms with Crippen LogP contribution in [0.15, 0.2) is 52.4 Å². The van der Waals surface area contributed by atoms with E-state index in [1.807, 2.05) is 19.1 Å². The van der Waals surface area contributed by atoms with Gasteiger partial charge >= 0.3 is 0 Å². The van der Waals surface area contributed by atoms with Gasteiger partial charge in [-0.25, -0.2) is 18.5 Å². The number of nitrogens with one attached hydrogen (secondary N) is 2. The van der Waals surface area contributed by atoms with E-state index in [2.05, 4.69) is 15.6 Å². The molecule has 0 aliphatic rings. The normalized spacial score (nSPS) is 11.7. The molecule has 0 saturated carbocycles. The van der Waals surface area contributed by atoms with Gasteiger partial charge in [-0.15, -0.1) is 24.0 Å². The lowest BCUT2D eigenvalue weighted by molar-refractivity contribution is 0.598. The van der Waals surface area contributed by atoms with Crippen molar-refractivity contribution in [1.82, 2.24) is 10.6 Å². The van der Waals surface area contributed by atoms with E-state index in [0.29, 0.717) is 22.5 Å². The van der Waals surface area contributed by atoms with E-state index in [9.17, 15) is 8.42 Å². The standard InChI is InChI=1S/C19H24Cl2N4O2S.HI/c1-2-23-19(24-11-3-4-15-7-8-16(20)12-18(15)21)25-13-14-5-9-17(10-6-14)28(22,26)27;/h5-10,12H,2-4,11,13H2,1H3,(H2,22,26,27)(H2,23,24,25);1H. The van der Waals surface area contributed by atoms with E-state index in [0.717, 1.165) is 37.1 Å². The zero-order chi connectivity index (χ0) is 20.6. The van der Waals surface area contributed by atoms with E-state index in [1.54, 1.807) is 18.2 Å². The molecule has 0 spiro atoms. The van der Waals surface area contributed by atoms with Crippen LogP contribution in [0.25, 0.3) is 0 Å². The number of hydrogen-bond acceptors (Lipinski definition) is 3. The first kappa shape index (κ1) is 26.0. The fraction of sp³-hybridized carbons (Fsp3) is 0.316. The Hall–Kier alpha value is -1.07. The maximum atomic E-state index is 11.3. The molecule has 6 nitrogen and oxygen atoms in total. The van der Waals surface area contributed by atoms with E-state index >= 15 is 0 Å². The topological polar surface area (TPSA) is 96.6 Å². The molecule has 10 heteroatoms. The number of primary sulfonamides is 1. The molecule has 0 fully saturated rings. The van der Waals surface area contributed by atoms with Crippen molar-refractivity contribution in [1.29, 1.82) is 0 Å². The van der Waals surface area contributed by atoms with Gasteiger partial charge in [0.2, 0.25) is 10.0 Å². The number of halogens is 3. The van der Waals surface area contributed by atoms with Crippen LogP contribution in [-0.4, -0.2) is 27.5 Å². The van der Waals surface area contributed by atoms with Crippen molar-refractivity contribution < 1.29 is 8.42 Å². The molecule has 0 aromatic heterocycles. The molecule has 2 aromatic rings. The summed E-state index contributed by atoms with van der Waals surface area (Å²) in [5.41, 5.74) is 1.95. The summed E-state index contributed by atoms with van der Waals surface area (Å²) in [6.07, 6.45) is 1.71. The summed E-state index contributed by atoms with van der Waals surface area (Å²) in [5.74, 6) is 0.695. The smallest absolute Gasteiger partial charge is 0.238 e. The largest absolute Gasteiger partial charge is 0.357 e. The van der Waals surface area contributed by atoms with Gasteiger partial charge in [-0.3, -0.25) is 0 Å². The molecular weight excluding hydrogens is 546 g/mol. The molecule has 0 amide bonds. The third-order valence-corrected chi connectivity index (χ3v) is 5.46. The Morgan fingerprint density at radius 3 is 2.38 bits per heavy atom. The number of rotatable bonds is 8. The second kappa shape index (κ2) is 12.6. The van der Waals surface area contributed by atoms with Gasteiger partial charge in [-0.05, 0) is 55.2 Å². The van der Waals surface area contributed by atoms with Crippen molar-refractivity contribution in [3.8, 4) is 0 Å². The number of hydrogen-bond donors (Lipinski definition) is 3. The lowest BCUT2D eigenvalue weighted by Crippen LogP contribution is -2.37. The van der Waals surface area contributed by atoms with Crippen molar-refractivity contribution in [2.75, 3.05) is 13.1 Å². The maximum Gasteiger partial charge on any atom is 0.238 e. The Kier molecular flexibility index (Phi) is 11.3. The van der Waals surface area contributed by atoms with Crippen LogP contribution in [-0.2, 0) is 23.0 Å². The van der Waals surface area contributed by atoms with Crippen molar-refractivity contribution >= 4 is 63.2 Å². The van der Waals surface area contributed by atoms with Crippen LogP contribution in [0.5, 0.6) is 0 Å². The summed E-state index contributed by atoms with van der Waals surface area (Å²) in [4.78, 5) is 4.61. The number of guanidine groups is 1. The molecule has 29 heavy (non-hydrogen) atoms. The molecule has 4 N–H and O–H groups in total. The van der Waals surface area contributed by atoms with Gasteiger partial charge in [0.05, 0.1) is 11.4 Å². The van der Waals surface area contributed by atoms with Gasteiger partial charge < -0.3 is 10.6 Å². The Morgan fingerprint density at radius 1 is 1.10 bits per heavy atom. The SMILES string of the molecule is CCNC(=NCc1ccc(S(N)(=O)=O)cc1)NCCCc1ccc(Cl)cc1Cl.I. The van der Waals surface area contributed by atoms with E-state index in [4.69, 9.17) is 28.3 Å². The first-order valence-corrected chi connectivity index (χ1v) is 11.2. The highest BCUT2D eigenvalue weighted by Gasteiger charge is 2.07. The van der Waals surface area contributed by atoms with Gasteiger partial charge in [0.25, 0.3) is 0 Å². The van der Waals surface area contributed by atoms with Gasteiger partial charge in [-0.1, -0.05) is 41.4 Å². The zero-order valence-corrected chi connectivity index (χ0v) is 20.6. The summed E-state index contributed by atoms with van der Waals surface area (Å²) in [7, 11) is -3.68. The lowest BCUT2D eigenvalue weighted by atomic mass is 10.1. The monoisotopic (exact) mass is 570 g/mol. The Balaban J connectivity index is 0.00000420. The molecule has 0 bridgehead atoms. The van der Waals surface area contributed by atoms with Crippen molar-refractivity contribution in [3.05, 3.63) is 63.6 Å². The Labute approximate surface area is 199 Å². The van der Waals surface area contributed by atoms with Gasteiger partial charge in [0.1, 0.15) is 0 Å². The van der Waals surface area contributed by atoms with Crippen LogP contribution < -0.4 is 15.8 Å². The number of aryl methyl sites for hydroxylation is 1. The third-order valence-electron chi connectivity index (χ3n) is 3.95. The first-order chi connectivity index (χ1) is 13.3. The molecule has 0 aliphatic carbocycles. The minimum absolute atomic E-state index is 0. The average molecular weight is 571 g/mol. The van der Waals surface area contributed by atoms with E-state index < -0.39 is 10.0 Å². The fourth-order valence-electron chi connectivity index (χ4n) is 2.51. The van der Waals surface area contributed by atoms with E-state index in [1.165, 1.54) is 12.1 Å². The predicted molar refractivity (Wildman–Crippen MR) is 131 cm³/mol. The summed E-state index contributed by atoms with van der Waals surface area (Å²) in [6.45, 7) is 3.88. The van der Waals surface area contributed by atoms with Crippen LogP contribution in [0.2, 0.25) is 10.0 Å². The quantitative estimate of drug-likeness (QED) is 0.194. The minimum atomic E-state index is -3.68. The van der Waals surface area contributed by atoms with Gasteiger partial charge in [0.15, 0.2) is 5.96 Å². The van der Waals surface area contributed by atoms with Crippen LogP contribution >= 0.6 is 47.2 Å². The van der Waals surface area contributed by atoms with Crippen LogP contribution in [0.4, 0.5) is 0 Å². The molecule has 0 unspecified atom stereocenters. The van der Waals surface area contributed by atoms with Crippen LogP contribution in [0, 0.1) is 0 Å². The van der Waals surface area contributed by atoms with Crippen LogP contribution in [0.3, 0.4) is 0 Å². The van der Waals surface area contributed by atoms with Crippen molar-refractivity contribution in [3.63, 3.8) is 0 Å².